The summed E-state index contributed by atoms with van der Waals surface area (Å²) in [5.41, 5.74) is 1.71. The van der Waals surface area contributed by atoms with Gasteiger partial charge in [-0.25, -0.2) is 18.4 Å². The van der Waals surface area contributed by atoms with E-state index in [4.69, 9.17) is 9.97 Å². The lowest BCUT2D eigenvalue weighted by atomic mass is 10.3. The average molecular weight is 494 g/mol. The number of para-hydroxylation sites is 2. The number of rotatable bonds is 5. The fraction of sp³-hybridized carbons (Fsp3) is 0.368. The summed E-state index contributed by atoms with van der Waals surface area (Å²) in [6.07, 6.45) is 2.30. The third kappa shape index (κ3) is 3.86. The van der Waals surface area contributed by atoms with Gasteiger partial charge in [0, 0.05) is 32.2 Å². The van der Waals surface area contributed by atoms with Crippen molar-refractivity contribution in [3.05, 3.63) is 40.2 Å². The van der Waals surface area contributed by atoms with Gasteiger partial charge in [0.25, 0.3) is 10.0 Å². The van der Waals surface area contributed by atoms with Gasteiger partial charge in [-0.15, -0.1) is 11.3 Å². The largest absolute Gasteiger partial charge is 0.364 e. The van der Waals surface area contributed by atoms with Crippen molar-refractivity contribution in [1.82, 2.24) is 14.3 Å². The minimum absolute atomic E-state index is 0.374. The molecule has 152 valence electrons. The summed E-state index contributed by atoms with van der Waals surface area (Å²) < 4.78 is 28.5. The number of nitrogens with one attached hydrogen (secondary N) is 1. The predicted molar refractivity (Wildman–Crippen MR) is 119 cm³/mol. The molecule has 3 heterocycles. The third-order valence-corrected chi connectivity index (χ3v) is 9.14. The van der Waals surface area contributed by atoms with Gasteiger partial charge in [-0.1, -0.05) is 12.1 Å². The van der Waals surface area contributed by atoms with Gasteiger partial charge in [-0.2, -0.15) is 4.31 Å². The van der Waals surface area contributed by atoms with Gasteiger partial charge in [0.05, 0.1) is 14.8 Å². The van der Waals surface area contributed by atoms with Crippen LogP contribution in [-0.2, 0) is 10.0 Å². The second-order valence-corrected chi connectivity index (χ2v) is 11.9. The highest BCUT2D eigenvalue weighted by Crippen LogP contribution is 2.33. The minimum Gasteiger partial charge on any atom is -0.364 e. The minimum atomic E-state index is -3.46. The Labute approximate surface area is 181 Å². The molecule has 0 amide bonds. The lowest BCUT2D eigenvalue weighted by molar-refractivity contribution is 0.385. The van der Waals surface area contributed by atoms with Crippen molar-refractivity contribution in [2.45, 2.75) is 23.1 Å². The number of sulfonamides is 1. The fourth-order valence-electron chi connectivity index (χ4n) is 3.43. The molecule has 1 N–H and O–H groups in total. The van der Waals surface area contributed by atoms with Gasteiger partial charge in [0.1, 0.15) is 4.21 Å². The first-order valence-electron chi connectivity index (χ1n) is 9.54. The first kappa shape index (κ1) is 19.2. The Kier molecular flexibility index (Phi) is 4.97. The summed E-state index contributed by atoms with van der Waals surface area (Å²) in [6.45, 7) is 2.01. The highest BCUT2D eigenvalue weighted by Gasteiger charge is 2.32. The zero-order valence-corrected chi connectivity index (χ0v) is 18.8. The van der Waals surface area contributed by atoms with Crippen LogP contribution in [0.1, 0.15) is 12.8 Å². The molecule has 0 atom stereocenters. The number of hydrogen-bond acceptors (Lipinski definition) is 7. The van der Waals surface area contributed by atoms with Crippen LogP contribution in [0.3, 0.4) is 0 Å². The SMILES string of the molecule is O=S(=O)(c1ccc(Br)s1)N1CCN(c2nc3ccccc3nc2NC2CC2)CC1. The Balaban J connectivity index is 1.39. The zero-order chi connectivity index (χ0) is 20.0. The molecule has 1 aromatic carbocycles. The van der Waals surface area contributed by atoms with Crippen LogP contribution in [0.4, 0.5) is 11.6 Å². The zero-order valence-electron chi connectivity index (χ0n) is 15.6. The summed E-state index contributed by atoms with van der Waals surface area (Å²) in [5, 5.41) is 3.49. The Morgan fingerprint density at radius 2 is 1.69 bits per heavy atom. The second-order valence-electron chi connectivity index (χ2n) is 7.25. The van der Waals surface area contributed by atoms with Crippen LogP contribution in [0.15, 0.2) is 44.4 Å². The Morgan fingerprint density at radius 1 is 1.00 bits per heavy atom. The third-order valence-electron chi connectivity index (χ3n) is 5.15. The van der Waals surface area contributed by atoms with Crippen molar-refractivity contribution in [1.29, 1.82) is 0 Å². The molecule has 0 radical (unpaired) electrons. The smallest absolute Gasteiger partial charge is 0.252 e. The van der Waals surface area contributed by atoms with Gasteiger partial charge >= 0.3 is 0 Å². The highest BCUT2D eigenvalue weighted by molar-refractivity contribution is 9.11. The molecule has 5 rings (SSSR count). The number of hydrogen-bond donors (Lipinski definition) is 1. The lowest BCUT2D eigenvalue weighted by Crippen LogP contribution is -2.49. The van der Waals surface area contributed by atoms with E-state index in [1.807, 2.05) is 24.3 Å². The molecule has 0 bridgehead atoms. The number of thiophene rings is 1. The lowest BCUT2D eigenvalue weighted by Gasteiger charge is -2.35. The van der Waals surface area contributed by atoms with Crippen molar-refractivity contribution >= 4 is 60.0 Å². The van der Waals surface area contributed by atoms with E-state index in [1.165, 1.54) is 11.3 Å². The predicted octanol–water partition coefficient (Wildman–Crippen LogP) is 3.54. The molecule has 0 spiro atoms. The van der Waals surface area contributed by atoms with Gasteiger partial charge < -0.3 is 10.2 Å². The number of aromatic nitrogens is 2. The van der Waals surface area contributed by atoms with Crippen LogP contribution in [0.2, 0.25) is 0 Å². The molecule has 0 unspecified atom stereocenters. The van der Waals surface area contributed by atoms with Gasteiger partial charge in [0.15, 0.2) is 11.6 Å². The van der Waals surface area contributed by atoms with Crippen LogP contribution in [0.5, 0.6) is 0 Å². The van der Waals surface area contributed by atoms with Crippen molar-refractivity contribution in [3.8, 4) is 0 Å². The van der Waals surface area contributed by atoms with E-state index in [0.29, 0.717) is 36.4 Å². The standard InChI is InChI=1S/C19H20BrN5O2S2/c20-16-7-8-17(28-16)29(26,27)25-11-9-24(10-12-25)19-18(21-13-5-6-13)22-14-3-1-2-4-15(14)23-19/h1-4,7-8,13H,5-6,9-12H2,(H,21,22). The molecular formula is C19H20BrN5O2S2. The molecule has 1 saturated carbocycles. The van der Waals surface area contributed by atoms with E-state index in [1.54, 1.807) is 16.4 Å². The van der Waals surface area contributed by atoms with Gasteiger partial charge in [-0.05, 0) is 53.0 Å². The second kappa shape index (κ2) is 7.50. The summed E-state index contributed by atoms with van der Waals surface area (Å²) in [7, 11) is -3.46. The molecule has 1 aliphatic carbocycles. The molecule has 2 fully saturated rings. The Morgan fingerprint density at radius 3 is 2.31 bits per heavy atom. The molecule has 10 heteroatoms. The van der Waals surface area contributed by atoms with Crippen molar-refractivity contribution in [3.63, 3.8) is 0 Å². The average Bonchev–Trinajstić information content (AvgIpc) is 3.43. The van der Waals surface area contributed by atoms with Crippen LogP contribution < -0.4 is 10.2 Å². The topological polar surface area (TPSA) is 78.4 Å². The number of benzene rings is 1. The van der Waals surface area contributed by atoms with Crippen LogP contribution in [0, 0.1) is 0 Å². The number of piperazine rings is 1. The van der Waals surface area contributed by atoms with E-state index in [-0.39, 0.29) is 0 Å². The molecule has 29 heavy (non-hydrogen) atoms. The van der Waals surface area contributed by atoms with E-state index in [9.17, 15) is 8.42 Å². The Bertz CT molecular complexity index is 1150. The first-order chi connectivity index (χ1) is 14.0. The summed E-state index contributed by atoms with van der Waals surface area (Å²) >= 11 is 4.59. The van der Waals surface area contributed by atoms with E-state index in [2.05, 4.69) is 26.1 Å². The molecular weight excluding hydrogens is 474 g/mol. The maximum atomic E-state index is 12.9. The quantitative estimate of drug-likeness (QED) is 0.585. The number of anilines is 2. The number of nitrogens with zero attached hydrogens (tertiary/aromatic N) is 4. The van der Waals surface area contributed by atoms with Crippen LogP contribution in [-0.4, -0.2) is 54.9 Å². The van der Waals surface area contributed by atoms with Crippen molar-refractivity contribution in [2.24, 2.45) is 0 Å². The van der Waals surface area contributed by atoms with E-state index in [0.717, 1.165) is 39.3 Å². The molecule has 1 aliphatic heterocycles. The van der Waals surface area contributed by atoms with Crippen molar-refractivity contribution in [2.75, 3.05) is 36.4 Å². The number of halogens is 1. The summed E-state index contributed by atoms with van der Waals surface area (Å²) in [5.74, 6) is 1.61. The van der Waals surface area contributed by atoms with Crippen LogP contribution in [0.25, 0.3) is 11.0 Å². The summed E-state index contributed by atoms with van der Waals surface area (Å²) in [6, 6.07) is 11.7. The highest BCUT2D eigenvalue weighted by atomic mass is 79.9. The van der Waals surface area contributed by atoms with E-state index >= 15 is 0 Å². The molecule has 2 aromatic heterocycles. The van der Waals surface area contributed by atoms with Gasteiger partial charge in [-0.3, -0.25) is 0 Å². The van der Waals surface area contributed by atoms with E-state index < -0.39 is 10.0 Å². The maximum Gasteiger partial charge on any atom is 0.252 e. The monoisotopic (exact) mass is 493 g/mol. The molecule has 3 aromatic rings. The molecule has 1 saturated heterocycles. The number of fused-ring (bicyclic) bond motifs is 1. The normalized spacial score (nSPS) is 18.3. The van der Waals surface area contributed by atoms with Crippen LogP contribution >= 0.6 is 27.3 Å². The maximum absolute atomic E-state index is 12.9. The van der Waals surface area contributed by atoms with Gasteiger partial charge in [0.2, 0.25) is 0 Å². The fourth-order valence-corrected chi connectivity index (χ4v) is 7.02. The molecule has 2 aliphatic rings. The molecule has 7 nitrogen and oxygen atoms in total. The Hall–Kier alpha value is -1.75. The van der Waals surface area contributed by atoms with Crippen molar-refractivity contribution < 1.29 is 8.42 Å². The first-order valence-corrected chi connectivity index (χ1v) is 12.6. The summed E-state index contributed by atoms with van der Waals surface area (Å²) in [4.78, 5) is 11.8.